The number of nitrogens with zero attached hydrogens (tertiary/aromatic N) is 1. The number of methoxy groups -OCH3 is 1. The first-order valence-corrected chi connectivity index (χ1v) is 8.39. The largest absolute Gasteiger partial charge is 0.497 e. The van der Waals surface area contributed by atoms with Gasteiger partial charge < -0.3 is 15.0 Å². The molecule has 1 aliphatic rings. The molecule has 1 fully saturated rings. The summed E-state index contributed by atoms with van der Waals surface area (Å²) in [6.45, 7) is 3.04. The molecule has 1 N–H and O–H groups in total. The van der Waals surface area contributed by atoms with Gasteiger partial charge in [-0.3, -0.25) is 9.59 Å². The number of thioether (sulfide) groups is 1. The van der Waals surface area contributed by atoms with Crippen LogP contribution in [0.5, 0.6) is 5.75 Å². The number of nitrogens with one attached hydrogen (secondary N) is 1. The fourth-order valence-corrected chi connectivity index (χ4v) is 3.20. The van der Waals surface area contributed by atoms with Crippen LogP contribution in [0.15, 0.2) is 29.2 Å². The third-order valence-electron chi connectivity index (χ3n) is 3.72. The summed E-state index contributed by atoms with van der Waals surface area (Å²) in [6.07, 6.45) is 1.66. The lowest BCUT2D eigenvalue weighted by Crippen LogP contribution is -2.46. The third kappa shape index (κ3) is 4.94. The van der Waals surface area contributed by atoms with Gasteiger partial charge in [0.1, 0.15) is 5.75 Å². The van der Waals surface area contributed by atoms with Gasteiger partial charge in [0.15, 0.2) is 0 Å². The molecule has 1 aliphatic heterocycles. The first-order chi connectivity index (χ1) is 10.6. The topological polar surface area (TPSA) is 58.6 Å². The second kappa shape index (κ2) is 8.08. The molecule has 0 radical (unpaired) electrons. The van der Waals surface area contributed by atoms with Crippen LogP contribution in [0.3, 0.4) is 0 Å². The van der Waals surface area contributed by atoms with Gasteiger partial charge in [-0.2, -0.15) is 0 Å². The molecule has 120 valence electrons. The number of rotatable bonds is 5. The van der Waals surface area contributed by atoms with Crippen LogP contribution in [0, 0.1) is 0 Å². The molecule has 0 aliphatic carbocycles. The Balaban J connectivity index is 1.73. The molecule has 2 rings (SSSR count). The summed E-state index contributed by atoms with van der Waals surface area (Å²) < 4.78 is 5.17. The molecule has 2 amide bonds. The zero-order valence-corrected chi connectivity index (χ0v) is 13.8. The summed E-state index contributed by atoms with van der Waals surface area (Å²) in [7, 11) is 1.63. The monoisotopic (exact) mass is 322 g/mol. The van der Waals surface area contributed by atoms with Crippen LogP contribution >= 0.6 is 11.8 Å². The molecule has 22 heavy (non-hydrogen) atoms. The average molecular weight is 322 g/mol. The molecule has 0 saturated carbocycles. The van der Waals surface area contributed by atoms with E-state index in [-0.39, 0.29) is 17.9 Å². The van der Waals surface area contributed by atoms with Gasteiger partial charge in [-0.1, -0.05) is 6.07 Å². The Morgan fingerprint density at radius 2 is 2.09 bits per heavy atom. The van der Waals surface area contributed by atoms with Gasteiger partial charge in [0.2, 0.25) is 11.8 Å². The number of piperidine rings is 1. The van der Waals surface area contributed by atoms with Crippen LogP contribution in [0.1, 0.15) is 19.8 Å². The van der Waals surface area contributed by atoms with E-state index in [4.69, 9.17) is 4.74 Å². The zero-order valence-electron chi connectivity index (χ0n) is 13.0. The SMILES string of the molecule is COc1cccc(SCC(=O)NC2CCN(C(C)=O)CC2)c1. The van der Waals surface area contributed by atoms with Crippen LogP contribution < -0.4 is 10.1 Å². The lowest BCUT2D eigenvalue weighted by Gasteiger charge is -2.31. The molecule has 6 heteroatoms. The second-order valence-corrected chi connectivity index (χ2v) is 6.36. The zero-order chi connectivity index (χ0) is 15.9. The molecular formula is C16H22N2O3S. The van der Waals surface area contributed by atoms with E-state index >= 15 is 0 Å². The van der Waals surface area contributed by atoms with Gasteiger partial charge >= 0.3 is 0 Å². The minimum Gasteiger partial charge on any atom is -0.497 e. The van der Waals surface area contributed by atoms with Gasteiger partial charge in [0.05, 0.1) is 12.9 Å². The fourth-order valence-electron chi connectivity index (χ4n) is 2.45. The van der Waals surface area contributed by atoms with E-state index in [1.54, 1.807) is 14.0 Å². The number of carbonyl (C=O) groups is 2. The second-order valence-electron chi connectivity index (χ2n) is 5.32. The van der Waals surface area contributed by atoms with Crippen molar-refractivity contribution in [2.45, 2.75) is 30.7 Å². The Labute approximate surface area is 135 Å². The normalized spacial score (nSPS) is 15.5. The number of carbonyl (C=O) groups excluding carboxylic acids is 2. The molecule has 0 atom stereocenters. The highest BCUT2D eigenvalue weighted by molar-refractivity contribution is 8.00. The van der Waals surface area contributed by atoms with Crippen molar-refractivity contribution < 1.29 is 14.3 Å². The van der Waals surface area contributed by atoms with Crippen LogP contribution in [0.25, 0.3) is 0 Å². The molecule has 1 aromatic carbocycles. The predicted molar refractivity (Wildman–Crippen MR) is 87.1 cm³/mol. The molecular weight excluding hydrogens is 300 g/mol. The molecule has 5 nitrogen and oxygen atoms in total. The van der Waals surface area contributed by atoms with Gasteiger partial charge in [-0.15, -0.1) is 11.8 Å². The molecule has 1 saturated heterocycles. The minimum absolute atomic E-state index is 0.0362. The first-order valence-electron chi connectivity index (χ1n) is 7.40. The Morgan fingerprint density at radius 3 is 2.73 bits per heavy atom. The summed E-state index contributed by atoms with van der Waals surface area (Å²) >= 11 is 1.50. The highest BCUT2D eigenvalue weighted by Gasteiger charge is 2.21. The highest BCUT2D eigenvalue weighted by Crippen LogP contribution is 2.22. The van der Waals surface area contributed by atoms with E-state index in [9.17, 15) is 9.59 Å². The number of likely N-dealkylation sites (tertiary alicyclic amines) is 1. The van der Waals surface area contributed by atoms with Gasteiger partial charge in [0.25, 0.3) is 0 Å². The number of ether oxygens (including phenoxy) is 1. The van der Waals surface area contributed by atoms with Crippen molar-refractivity contribution in [3.63, 3.8) is 0 Å². The standard InChI is InChI=1S/C16H22N2O3S/c1-12(19)18-8-6-13(7-9-18)17-16(20)11-22-15-5-3-4-14(10-15)21-2/h3-5,10,13H,6-9,11H2,1-2H3,(H,17,20). The quantitative estimate of drug-likeness (QED) is 0.842. The minimum atomic E-state index is 0.0362. The predicted octanol–water partition coefficient (Wildman–Crippen LogP) is 1.91. The van der Waals surface area contributed by atoms with Crippen molar-refractivity contribution in [2.24, 2.45) is 0 Å². The van der Waals surface area contributed by atoms with Crippen LogP contribution in [-0.2, 0) is 9.59 Å². The molecule has 0 spiro atoms. The van der Waals surface area contributed by atoms with E-state index in [1.807, 2.05) is 29.2 Å². The van der Waals surface area contributed by atoms with E-state index < -0.39 is 0 Å². The third-order valence-corrected chi connectivity index (χ3v) is 4.71. The van der Waals surface area contributed by atoms with Gasteiger partial charge in [-0.25, -0.2) is 0 Å². The first kappa shape index (κ1) is 16.7. The summed E-state index contributed by atoms with van der Waals surface area (Å²) in [5, 5.41) is 3.05. The maximum absolute atomic E-state index is 12.0. The number of hydrogen-bond acceptors (Lipinski definition) is 4. The maximum Gasteiger partial charge on any atom is 0.230 e. The van der Waals surface area contributed by atoms with Crippen LogP contribution in [0.2, 0.25) is 0 Å². The Morgan fingerprint density at radius 1 is 1.36 bits per heavy atom. The Kier molecular flexibility index (Phi) is 6.12. The molecule has 1 aromatic rings. The molecule has 1 heterocycles. The molecule has 0 bridgehead atoms. The lowest BCUT2D eigenvalue weighted by molar-refractivity contribution is -0.130. The average Bonchev–Trinajstić information content (AvgIpc) is 2.53. The maximum atomic E-state index is 12.0. The van der Waals surface area contributed by atoms with Crippen molar-refractivity contribution in [3.05, 3.63) is 24.3 Å². The Bertz CT molecular complexity index is 528. The van der Waals surface area contributed by atoms with Crippen molar-refractivity contribution in [3.8, 4) is 5.75 Å². The fraction of sp³-hybridized carbons (Fsp3) is 0.500. The van der Waals surface area contributed by atoms with Gasteiger partial charge in [-0.05, 0) is 31.0 Å². The Hall–Kier alpha value is -1.69. The summed E-state index contributed by atoms with van der Waals surface area (Å²) in [5.41, 5.74) is 0. The van der Waals surface area contributed by atoms with Crippen molar-refractivity contribution in [1.29, 1.82) is 0 Å². The van der Waals surface area contributed by atoms with E-state index in [2.05, 4.69) is 5.32 Å². The van der Waals surface area contributed by atoms with Crippen molar-refractivity contribution in [1.82, 2.24) is 10.2 Å². The smallest absolute Gasteiger partial charge is 0.230 e. The van der Waals surface area contributed by atoms with E-state index in [0.29, 0.717) is 5.75 Å². The summed E-state index contributed by atoms with van der Waals surface area (Å²) in [6, 6.07) is 7.85. The molecule has 0 aromatic heterocycles. The number of benzene rings is 1. The molecule has 0 unspecified atom stereocenters. The van der Waals surface area contributed by atoms with Crippen LogP contribution in [0.4, 0.5) is 0 Å². The van der Waals surface area contributed by atoms with E-state index in [1.165, 1.54) is 11.8 Å². The number of hydrogen-bond donors (Lipinski definition) is 1. The van der Waals surface area contributed by atoms with E-state index in [0.717, 1.165) is 36.6 Å². The van der Waals surface area contributed by atoms with Crippen molar-refractivity contribution >= 4 is 23.6 Å². The lowest BCUT2D eigenvalue weighted by atomic mass is 10.1. The van der Waals surface area contributed by atoms with Crippen molar-refractivity contribution in [2.75, 3.05) is 26.0 Å². The number of amides is 2. The highest BCUT2D eigenvalue weighted by atomic mass is 32.2. The van der Waals surface area contributed by atoms with Gasteiger partial charge in [0, 0.05) is 31.0 Å². The summed E-state index contributed by atoms with van der Waals surface area (Å²) in [4.78, 5) is 26.1. The van der Waals surface area contributed by atoms with Crippen LogP contribution in [-0.4, -0.2) is 48.7 Å². The summed E-state index contributed by atoms with van der Waals surface area (Å²) in [5.74, 6) is 1.33.